The molecule has 16 heavy (non-hydrogen) atoms. The molecule has 0 saturated heterocycles. The van der Waals surface area contributed by atoms with Gasteiger partial charge in [-0.3, -0.25) is 0 Å². The topological polar surface area (TPSA) is 38.1 Å². The minimum Gasteiger partial charge on any atom is -0.361 e. The zero-order valence-corrected chi connectivity index (χ0v) is 10.2. The van der Waals surface area contributed by atoms with Crippen LogP contribution in [0, 0.1) is 13.8 Å². The molecule has 0 spiro atoms. The van der Waals surface area contributed by atoms with E-state index < -0.39 is 0 Å². The predicted octanol–water partition coefficient (Wildman–Crippen LogP) is 2.88. The van der Waals surface area contributed by atoms with Crippen molar-refractivity contribution in [1.29, 1.82) is 0 Å². The number of hydrogen-bond donors (Lipinski definition) is 1. The number of rotatable bonds is 5. The summed E-state index contributed by atoms with van der Waals surface area (Å²) >= 11 is 0. The van der Waals surface area contributed by atoms with E-state index in [4.69, 9.17) is 4.52 Å². The molecule has 0 aromatic carbocycles. The maximum absolute atomic E-state index is 5.12. The number of nitrogens with zero attached hydrogens (tertiary/aromatic N) is 1. The van der Waals surface area contributed by atoms with Gasteiger partial charge in [0.05, 0.1) is 5.69 Å². The first kappa shape index (κ1) is 11.4. The van der Waals surface area contributed by atoms with E-state index in [1.165, 1.54) is 31.2 Å². The van der Waals surface area contributed by atoms with Gasteiger partial charge in [0.1, 0.15) is 5.76 Å². The quantitative estimate of drug-likeness (QED) is 0.612. The van der Waals surface area contributed by atoms with Crippen LogP contribution in [0.5, 0.6) is 0 Å². The van der Waals surface area contributed by atoms with Gasteiger partial charge in [-0.15, -0.1) is 0 Å². The Morgan fingerprint density at radius 1 is 1.44 bits per heavy atom. The molecule has 1 N–H and O–H groups in total. The van der Waals surface area contributed by atoms with Crippen molar-refractivity contribution in [3.05, 3.63) is 28.7 Å². The third kappa shape index (κ3) is 2.73. The Hall–Kier alpha value is -1.09. The molecule has 0 amide bonds. The van der Waals surface area contributed by atoms with E-state index >= 15 is 0 Å². The second-order valence-corrected chi connectivity index (χ2v) is 4.48. The van der Waals surface area contributed by atoms with Crippen molar-refractivity contribution < 1.29 is 4.52 Å². The molecule has 1 aliphatic carbocycles. The zero-order chi connectivity index (χ0) is 11.4. The van der Waals surface area contributed by atoms with E-state index in [-0.39, 0.29) is 0 Å². The Labute approximate surface area is 96.9 Å². The molecular weight excluding hydrogens is 200 g/mol. The fraction of sp³-hybridized carbons (Fsp3) is 0.615. The normalized spacial score (nSPS) is 15.5. The van der Waals surface area contributed by atoms with Gasteiger partial charge in [-0.2, -0.15) is 0 Å². The summed E-state index contributed by atoms with van der Waals surface area (Å²) in [5, 5.41) is 7.40. The highest BCUT2D eigenvalue weighted by atomic mass is 16.5. The van der Waals surface area contributed by atoms with Gasteiger partial charge in [0, 0.05) is 12.1 Å². The highest BCUT2D eigenvalue weighted by molar-refractivity contribution is 5.20. The van der Waals surface area contributed by atoms with Crippen molar-refractivity contribution in [2.75, 3.05) is 6.54 Å². The van der Waals surface area contributed by atoms with E-state index in [1.807, 2.05) is 13.8 Å². The van der Waals surface area contributed by atoms with Gasteiger partial charge in [-0.1, -0.05) is 16.8 Å². The van der Waals surface area contributed by atoms with Crippen LogP contribution in [0.3, 0.4) is 0 Å². The highest BCUT2D eigenvalue weighted by Gasteiger charge is 2.08. The van der Waals surface area contributed by atoms with Crippen LogP contribution in [0.15, 0.2) is 16.2 Å². The van der Waals surface area contributed by atoms with Crippen LogP contribution < -0.4 is 5.32 Å². The molecule has 3 nitrogen and oxygen atoms in total. The number of aryl methyl sites for hydroxylation is 2. The molecule has 3 heteroatoms. The molecule has 0 fully saturated rings. The zero-order valence-electron chi connectivity index (χ0n) is 10.2. The average Bonchev–Trinajstić information content (AvgIpc) is 2.87. The summed E-state index contributed by atoms with van der Waals surface area (Å²) in [4.78, 5) is 0. The maximum Gasteiger partial charge on any atom is 0.138 e. The van der Waals surface area contributed by atoms with E-state index in [0.717, 1.165) is 24.5 Å². The van der Waals surface area contributed by atoms with Gasteiger partial charge in [0.2, 0.25) is 0 Å². The van der Waals surface area contributed by atoms with Crippen LogP contribution in [0.2, 0.25) is 0 Å². The lowest BCUT2D eigenvalue weighted by Gasteiger charge is -2.04. The summed E-state index contributed by atoms with van der Waals surface area (Å²) in [5.74, 6) is 0.935. The van der Waals surface area contributed by atoms with E-state index in [1.54, 1.807) is 5.57 Å². The van der Waals surface area contributed by atoms with Crippen LogP contribution >= 0.6 is 0 Å². The third-order valence-electron chi connectivity index (χ3n) is 3.24. The summed E-state index contributed by atoms with van der Waals surface area (Å²) in [5.41, 5.74) is 3.83. The average molecular weight is 220 g/mol. The van der Waals surface area contributed by atoms with Gasteiger partial charge in [-0.25, -0.2) is 0 Å². The van der Waals surface area contributed by atoms with Crippen molar-refractivity contribution in [2.24, 2.45) is 0 Å². The molecule has 1 aliphatic rings. The largest absolute Gasteiger partial charge is 0.361 e. The Morgan fingerprint density at radius 2 is 2.31 bits per heavy atom. The fourth-order valence-electron chi connectivity index (χ4n) is 2.18. The summed E-state index contributed by atoms with van der Waals surface area (Å²) in [6.45, 7) is 5.88. The Morgan fingerprint density at radius 3 is 2.94 bits per heavy atom. The van der Waals surface area contributed by atoms with Gasteiger partial charge in [0.25, 0.3) is 0 Å². The predicted molar refractivity (Wildman–Crippen MR) is 64.2 cm³/mol. The molecule has 0 unspecified atom stereocenters. The number of aromatic nitrogens is 1. The molecule has 88 valence electrons. The van der Waals surface area contributed by atoms with Crippen LogP contribution in [0.25, 0.3) is 0 Å². The van der Waals surface area contributed by atoms with Crippen molar-refractivity contribution in [1.82, 2.24) is 10.5 Å². The van der Waals surface area contributed by atoms with Gasteiger partial charge in [-0.05, 0) is 46.1 Å². The Kier molecular flexibility index (Phi) is 3.78. The molecule has 0 atom stereocenters. The molecule has 1 heterocycles. The van der Waals surface area contributed by atoms with Crippen molar-refractivity contribution in [3.63, 3.8) is 0 Å². The Bertz CT molecular complexity index is 360. The van der Waals surface area contributed by atoms with E-state index in [0.29, 0.717) is 0 Å². The van der Waals surface area contributed by atoms with Crippen molar-refractivity contribution in [2.45, 2.75) is 46.1 Å². The van der Waals surface area contributed by atoms with E-state index in [2.05, 4.69) is 16.5 Å². The molecule has 0 bridgehead atoms. The summed E-state index contributed by atoms with van der Waals surface area (Å²) in [7, 11) is 0. The number of nitrogens with one attached hydrogen (secondary N) is 1. The Balaban J connectivity index is 1.72. The lowest BCUT2D eigenvalue weighted by molar-refractivity contribution is 0.392. The molecule has 0 saturated carbocycles. The molecule has 0 aliphatic heterocycles. The molecule has 1 aromatic heterocycles. The lowest BCUT2D eigenvalue weighted by atomic mass is 10.1. The number of allylic oxidation sites excluding steroid dienone is 1. The standard InChI is InChI=1S/C13H20N2O/c1-10-13(11(2)16-15-10)9-14-8-7-12-5-3-4-6-12/h5,14H,3-4,6-9H2,1-2H3. The maximum atomic E-state index is 5.12. The van der Waals surface area contributed by atoms with E-state index in [9.17, 15) is 0 Å². The first-order valence-corrected chi connectivity index (χ1v) is 6.07. The lowest BCUT2D eigenvalue weighted by Crippen LogP contribution is -2.15. The van der Waals surface area contributed by atoms with Crippen LogP contribution in [-0.4, -0.2) is 11.7 Å². The molecule has 2 rings (SSSR count). The minimum absolute atomic E-state index is 0.869. The third-order valence-corrected chi connectivity index (χ3v) is 3.24. The summed E-state index contributed by atoms with van der Waals surface area (Å²) < 4.78 is 5.12. The molecular formula is C13H20N2O. The number of hydrogen-bond acceptors (Lipinski definition) is 3. The second-order valence-electron chi connectivity index (χ2n) is 4.48. The highest BCUT2D eigenvalue weighted by Crippen LogP contribution is 2.19. The van der Waals surface area contributed by atoms with Crippen molar-refractivity contribution in [3.8, 4) is 0 Å². The van der Waals surface area contributed by atoms with Crippen LogP contribution in [0.1, 0.15) is 42.7 Å². The van der Waals surface area contributed by atoms with Gasteiger partial charge in [0.15, 0.2) is 0 Å². The van der Waals surface area contributed by atoms with Crippen LogP contribution in [0.4, 0.5) is 0 Å². The first-order valence-electron chi connectivity index (χ1n) is 6.07. The van der Waals surface area contributed by atoms with Crippen LogP contribution in [-0.2, 0) is 6.54 Å². The summed E-state index contributed by atoms with van der Waals surface area (Å²) in [6.07, 6.45) is 7.49. The molecule has 0 radical (unpaired) electrons. The van der Waals surface area contributed by atoms with Gasteiger partial charge < -0.3 is 9.84 Å². The summed E-state index contributed by atoms with van der Waals surface area (Å²) in [6, 6.07) is 0. The fourth-order valence-corrected chi connectivity index (χ4v) is 2.18. The smallest absolute Gasteiger partial charge is 0.138 e. The SMILES string of the molecule is Cc1noc(C)c1CNCCC1=CCCC1. The van der Waals surface area contributed by atoms with Crippen molar-refractivity contribution >= 4 is 0 Å². The molecule has 1 aromatic rings. The van der Waals surface area contributed by atoms with Gasteiger partial charge >= 0.3 is 0 Å². The monoisotopic (exact) mass is 220 g/mol. The second kappa shape index (κ2) is 5.30. The minimum atomic E-state index is 0.869. The first-order chi connectivity index (χ1) is 7.77.